The first kappa shape index (κ1) is 19.4. The summed E-state index contributed by atoms with van der Waals surface area (Å²) >= 11 is 5.92. The number of hydrogen-bond acceptors (Lipinski definition) is 5. The Kier molecular flexibility index (Phi) is 5.99. The number of nitrogens with one attached hydrogen (secondary N) is 2. The molecule has 0 radical (unpaired) electrons. The lowest BCUT2D eigenvalue weighted by molar-refractivity contribution is 0.0797. The molecule has 5 nitrogen and oxygen atoms in total. The molecule has 4 rings (SSSR count). The third-order valence-corrected chi connectivity index (χ3v) is 5.92. The van der Waals surface area contributed by atoms with Crippen molar-refractivity contribution in [3.8, 4) is 0 Å². The zero-order chi connectivity index (χ0) is 19.5. The highest BCUT2D eigenvalue weighted by atomic mass is 35.5. The van der Waals surface area contributed by atoms with Gasteiger partial charge in [0.25, 0.3) is 0 Å². The summed E-state index contributed by atoms with van der Waals surface area (Å²) in [5.41, 5.74) is 2.31. The molecule has 7 heteroatoms. The lowest BCUT2D eigenvalue weighted by Crippen LogP contribution is -2.42. The molecule has 2 aliphatic heterocycles. The Bertz CT molecular complexity index is 804. The zero-order valence-electron chi connectivity index (χ0n) is 16.0. The van der Waals surface area contributed by atoms with Gasteiger partial charge in [-0.2, -0.15) is 0 Å². The summed E-state index contributed by atoms with van der Waals surface area (Å²) < 4.78 is 20.1. The minimum Gasteiger partial charge on any atom is -0.377 e. The van der Waals surface area contributed by atoms with Crippen LogP contribution in [0.2, 0.25) is 5.02 Å². The third-order valence-electron chi connectivity index (χ3n) is 5.63. The SMILES string of the molecule is COC1C=C2NC=NC(Nc3cccc(Cl)c3F)C2=CC1CN1CCCCC1. The third kappa shape index (κ3) is 4.09. The van der Waals surface area contributed by atoms with Gasteiger partial charge in [-0.1, -0.05) is 30.2 Å². The molecule has 0 saturated carbocycles. The first-order chi connectivity index (χ1) is 13.7. The molecule has 3 unspecified atom stereocenters. The van der Waals surface area contributed by atoms with Gasteiger partial charge in [0.15, 0.2) is 5.82 Å². The fraction of sp³-hybridized carbons (Fsp3) is 0.476. The van der Waals surface area contributed by atoms with Crippen LogP contribution in [-0.2, 0) is 4.74 Å². The van der Waals surface area contributed by atoms with Gasteiger partial charge in [0.2, 0.25) is 0 Å². The molecular weight excluding hydrogens is 379 g/mol. The summed E-state index contributed by atoms with van der Waals surface area (Å²) in [7, 11) is 1.75. The minimum absolute atomic E-state index is 0.00299. The summed E-state index contributed by atoms with van der Waals surface area (Å²) in [6, 6.07) is 4.94. The number of rotatable bonds is 5. The van der Waals surface area contributed by atoms with E-state index in [9.17, 15) is 4.39 Å². The molecule has 0 spiro atoms. The van der Waals surface area contributed by atoms with Gasteiger partial charge >= 0.3 is 0 Å². The fourth-order valence-electron chi connectivity index (χ4n) is 4.15. The summed E-state index contributed by atoms with van der Waals surface area (Å²) in [5.74, 6) is -0.232. The van der Waals surface area contributed by atoms with Crippen LogP contribution in [-0.4, -0.2) is 50.3 Å². The number of likely N-dealkylation sites (tertiary alicyclic amines) is 1. The lowest BCUT2D eigenvalue weighted by atomic mass is 9.88. The Morgan fingerprint density at radius 3 is 2.89 bits per heavy atom. The number of ether oxygens (including phenoxy) is 1. The molecule has 1 saturated heterocycles. The molecule has 2 heterocycles. The summed E-state index contributed by atoms with van der Waals surface area (Å²) in [6.45, 7) is 3.23. The topological polar surface area (TPSA) is 48.9 Å². The van der Waals surface area contributed by atoms with E-state index in [1.165, 1.54) is 25.3 Å². The number of fused-ring (bicyclic) bond motifs is 1. The Morgan fingerprint density at radius 2 is 2.11 bits per heavy atom. The van der Waals surface area contributed by atoms with Crippen molar-refractivity contribution in [2.75, 3.05) is 32.1 Å². The molecule has 0 aromatic heterocycles. The average molecular weight is 405 g/mol. The van der Waals surface area contributed by atoms with Crippen molar-refractivity contribution in [2.24, 2.45) is 10.9 Å². The monoisotopic (exact) mass is 404 g/mol. The molecule has 0 amide bonds. The molecular formula is C21H26ClFN4O. The van der Waals surface area contributed by atoms with E-state index in [1.807, 2.05) is 0 Å². The van der Waals surface area contributed by atoms with Crippen LogP contribution in [0.3, 0.4) is 0 Å². The van der Waals surface area contributed by atoms with Gasteiger partial charge in [-0.15, -0.1) is 0 Å². The number of nitrogens with zero attached hydrogens (tertiary/aromatic N) is 2. The van der Waals surface area contributed by atoms with Crippen molar-refractivity contribution in [3.05, 3.63) is 52.5 Å². The van der Waals surface area contributed by atoms with Crippen LogP contribution in [0.15, 0.2) is 46.6 Å². The normalized spacial score (nSPS) is 27.5. The fourth-order valence-corrected chi connectivity index (χ4v) is 4.32. The Morgan fingerprint density at radius 1 is 1.29 bits per heavy atom. The first-order valence-corrected chi connectivity index (χ1v) is 10.2. The van der Waals surface area contributed by atoms with E-state index >= 15 is 0 Å². The Hall–Kier alpha value is -1.89. The van der Waals surface area contributed by atoms with Crippen molar-refractivity contribution in [1.82, 2.24) is 10.2 Å². The van der Waals surface area contributed by atoms with E-state index in [1.54, 1.807) is 25.6 Å². The summed E-state index contributed by atoms with van der Waals surface area (Å²) in [6.07, 6.45) is 9.43. The number of halogens is 2. The van der Waals surface area contributed by atoms with Crippen molar-refractivity contribution >= 4 is 23.6 Å². The number of methoxy groups -OCH3 is 1. The second-order valence-corrected chi connectivity index (χ2v) is 7.91. The van der Waals surface area contributed by atoms with Crippen LogP contribution in [0.5, 0.6) is 0 Å². The molecule has 1 aromatic carbocycles. The molecule has 3 atom stereocenters. The predicted molar refractivity (Wildman–Crippen MR) is 111 cm³/mol. The highest BCUT2D eigenvalue weighted by molar-refractivity contribution is 6.31. The van der Waals surface area contributed by atoms with Crippen molar-refractivity contribution in [1.29, 1.82) is 0 Å². The minimum atomic E-state index is -0.459. The highest BCUT2D eigenvalue weighted by Crippen LogP contribution is 2.31. The maximum Gasteiger partial charge on any atom is 0.164 e. The molecule has 3 aliphatic rings. The van der Waals surface area contributed by atoms with Crippen LogP contribution in [0, 0.1) is 11.7 Å². The number of hydrogen-bond donors (Lipinski definition) is 2. The molecule has 28 heavy (non-hydrogen) atoms. The second-order valence-electron chi connectivity index (χ2n) is 7.50. The molecule has 1 fully saturated rings. The van der Waals surface area contributed by atoms with E-state index in [-0.39, 0.29) is 23.2 Å². The Balaban J connectivity index is 1.57. The maximum absolute atomic E-state index is 14.4. The molecule has 2 N–H and O–H groups in total. The second kappa shape index (κ2) is 8.64. The quantitative estimate of drug-likeness (QED) is 0.783. The summed E-state index contributed by atoms with van der Waals surface area (Å²) in [4.78, 5) is 7.00. The van der Waals surface area contributed by atoms with Crippen LogP contribution in [0.1, 0.15) is 19.3 Å². The molecule has 1 aliphatic carbocycles. The average Bonchev–Trinajstić information content (AvgIpc) is 2.72. The van der Waals surface area contributed by atoms with Gasteiger partial charge in [0, 0.05) is 30.8 Å². The zero-order valence-corrected chi connectivity index (χ0v) is 16.8. The van der Waals surface area contributed by atoms with Crippen molar-refractivity contribution in [3.63, 3.8) is 0 Å². The van der Waals surface area contributed by atoms with Crippen molar-refractivity contribution in [2.45, 2.75) is 31.5 Å². The number of anilines is 1. The number of piperidine rings is 1. The van der Waals surface area contributed by atoms with Gasteiger partial charge in [-0.3, -0.25) is 0 Å². The molecule has 0 bridgehead atoms. The van der Waals surface area contributed by atoms with Gasteiger partial charge < -0.3 is 20.3 Å². The van der Waals surface area contributed by atoms with Crippen molar-refractivity contribution < 1.29 is 9.13 Å². The van der Waals surface area contributed by atoms with E-state index < -0.39 is 5.82 Å². The van der Waals surface area contributed by atoms with E-state index in [0.717, 1.165) is 30.9 Å². The molecule has 150 valence electrons. The van der Waals surface area contributed by atoms with Crippen LogP contribution < -0.4 is 10.6 Å². The smallest absolute Gasteiger partial charge is 0.164 e. The van der Waals surface area contributed by atoms with Gasteiger partial charge in [-0.05, 0) is 44.1 Å². The highest BCUT2D eigenvalue weighted by Gasteiger charge is 2.31. The Labute approximate surface area is 170 Å². The standard InChI is InChI=1S/C21H26ClFN4O/c1-28-19-11-18-15(10-14(19)12-27-8-3-2-4-9-27)21(25-13-24-18)26-17-7-5-6-16(22)20(17)23/h5-7,10-11,13-14,19,21,26H,2-4,8-9,12H2,1H3,(H,24,25). The maximum atomic E-state index is 14.4. The van der Waals surface area contributed by atoms with Gasteiger partial charge in [-0.25, -0.2) is 9.38 Å². The summed E-state index contributed by atoms with van der Waals surface area (Å²) in [5, 5.41) is 6.48. The van der Waals surface area contributed by atoms with Crippen LogP contribution in [0.4, 0.5) is 10.1 Å². The van der Waals surface area contributed by atoms with E-state index in [0.29, 0.717) is 5.69 Å². The first-order valence-electron chi connectivity index (χ1n) is 9.83. The lowest BCUT2D eigenvalue weighted by Gasteiger charge is -2.36. The van der Waals surface area contributed by atoms with E-state index in [2.05, 4.69) is 32.7 Å². The number of aliphatic imine (C=N–C) groups is 1. The predicted octanol–water partition coefficient (Wildman–Crippen LogP) is 3.79. The largest absolute Gasteiger partial charge is 0.377 e. The van der Waals surface area contributed by atoms with E-state index in [4.69, 9.17) is 16.3 Å². The molecule has 1 aromatic rings. The number of benzene rings is 1. The van der Waals surface area contributed by atoms with Gasteiger partial charge in [0.05, 0.1) is 23.2 Å². The van der Waals surface area contributed by atoms with Gasteiger partial charge in [0.1, 0.15) is 6.17 Å². The van der Waals surface area contributed by atoms with Crippen LogP contribution in [0.25, 0.3) is 0 Å². The van der Waals surface area contributed by atoms with Crippen LogP contribution >= 0.6 is 11.6 Å².